The van der Waals surface area contributed by atoms with E-state index < -0.39 is 0 Å². The number of fused-ring (bicyclic) bond motifs is 1. The van der Waals surface area contributed by atoms with Crippen LogP contribution in [0.15, 0.2) is 53.4 Å². The molecule has 0 radical (unpaired) electrons. The molecule has 1 aliphatic rings. The van der Waals surface area contributed by atoms with E-state index in [4.69, 9.17) is 5.73 Å². The molecule has 1 atom stereocenters. The summed E-state index contributed by atoms with van der Waals surface area (Å²) < 4.78 is 3.46. The number of hydrogen-bond donors (Lipinski definition) is 2. The van der Waals surface area contributed by atoms with Gasteiger partial charge in [-0.1, -0.05) is 18.2 Å². The number of hydrogen-bond acceptors (Lipinski definition) is 4. The van der Waals surface area contributed by atoms with Crippen LogP contribution in [0.5, 0.6) is 0 Å². The highest BCUT2D eigenvalue weighted by molar-refractivity contribution is 7.97. The first kappa shape index (κ1) is 14.3. The van der Waals surface area contributed by atoms with Gasteiger partial charge in [-0.25, -0.2) is 0 Å². The maximum absolute atomic E-state index is 5.70. The molecule has 0 aromatic heterocycles. The third-order valence-electron chi connectivity index (χ3n) is 3.90. The van der Waals surface area contributed by atoms with Crippen LogP contribution in [0.3, 0.4) is 0 Å². The SMILES string of the molecule is CC(CNSc1ccc(N)cc1)N1CCc2ccccc21. The number of nitrogen functional groups attached to an aromatic ring is 1. The summed E-state index contributed by atoms with van der Waals surface area (Å²) in [6, 6.07) is 17.2. The number of rotatable bonds is 5. The van der Waals surface area contributed by atoms with Crippen molar-refractivity contribution in [3.8, 4) is 0 Å². The maximum Gasteiger partial charge on any atom is 0.0402 e. The van der Waals surface area contributed by atoms with Gasteiger partial charge in [0.25, 0.3) is 0 Å². The summed E-state index contributed by atoms with van der Waals surface area (Å²) in [4.78, 5) is 3.68. The molecule has 1 unspecified atom stereocenters. The summed E-state index contributed by atoms with van der Waals surface area (Å²) in [5.74, 6) is 0. The van der Waals surface area contributed by atoms with E-state index in [1.807, 2.05) is 24.3 Å². The molecule has 3 rings (SSSR count). The van der Waals surface area contributed by atoms with Crippen molar-refractivity contribution in [2.24, 2.45) is 0 Å². The molecule has 1 heterocycles. The van der Waals surface area contributed by atoms with Crippen molar-refractivity contribution in [1.82, 2.24) is 4.72 Å². The van der Waals surface area contributed by atoms with Crippen LogP contribution in [-0.2, 0) is 6.42 Å². The van der Waals surface area contributed by atoms with Crippen LogP contribution in [0.2, 0.25) is 0 Å². The van der Waals surface area contributed by atoms with Crippen LogP contribution in [-0.4, -0.2) is 19.1 Å². The zero-order valence-corrected chi connectivity index (χ0v) is 13.1. The van der Waals surface area contributed by atoms with E-state index in [9.17, 15) is 0 Å². The molecule has 0 fully saturated rings. The predicted molar refractivity (Wildman–Crippen MR) is 91.7 cm³/mol. The smallest absolute Gasteiger partial charge is 0.0402 e. The van der Waals surface area contributed by atoms with Gasteiger partial charge in [0.15, 0.2) is 0 Å². The molecule has 2 aromatic carbocycles. The first-order valence-corrected chi connectivity index (χ1v) is 8.15. The minimum Gasteiger partial charge on any atom is -0.399 e. The average molecular weight is 299 g/mol. The Morgan fingerprint density at radius 1 is 1.19 bits per heavy atom. The monoisotopic (exact) mass is 299 g/mol. The lowest BCUT2D eigenvalue weighted by Crippen LogP contribution is -2.37. The fraction of sp³-hybridized carbons (Fsp3) is 0.294. The van der Waals surface area contributed by atoms with Gasteiger partial charge in [-0.2, -0.15) is 0 Å². The van der Waals surface area contributed by atoms with E-state index in [0.717, 1.165) is 25.2 Å². The second kappa shape index (κ2) is 6.41. The molecule has 0 amide bonds. The predicted octanol–water partition coefficient (Wildman–Crippen LogP) is 3.32. The number of nitrogens with one attached hydrogen (secondary N) is 1. The molecule has 0 saturated heterocycles. The molecule has 0 bridgehead atoms. The average Bonchev–Trinajstić information content (AvgIpc) is 2.93. The van der Waals surface area contributed by atoms with E-state index in [-0.39, 0.29) is 0 Å². The molecular formula is C17H21N3S. The summed E-state index contributed by atoms with van der Waals surface area (Å²) >= 11 is 1.67. The van der Waals surface area contributed by atoms with E-state index in [2.05, 4.69) is 40.8 Å². The lowest BCUT2D eigenvalue weighted by Gasteiger charge is -2.27. The van der Waals surface area contributed by atoms with Gasteiger partial charge < -0.3 is 10.6 Å². The van der Waals surface area contributed by atoms with Crippen LogP contribution < -0.4 is 15.4 Å². The zero-order chi connectivity index (χ0) is 14.7. The molecule has 3 nitrogen and oxygen atoms in total. The minimum atomic E-state index is 0.481. The Kier molecular flexibility index (Phi) is 4.36. The zero-order valence-electron chi connectivity index (χ0n) is 12.3. The second-order valence-electron chi connectivity index (χ2n) is 5.44. The normalized spacial score (nSPS) is 15.0. The van der Waals surface area contributed by atoms with Crippen LogP contribution in [0.4, 0.5) is 11.4 Å². The Bertz CT molecular complexity index is 597. The molecular weight excluding hydrogens is 278 g/mol. The maximum atomic E-state index is 5.70. The highest BCUT2D eigenvalue weighted by atomic mass is 32.2. The molecule has 0 aliphatic carbocycles. The van der Waals surface area contributed by atoms with E-state index in [1.54, 1.807) is 11.9 Å². The lowest BCUT2D eigenvalue weighted by atomic mass is 10.2. The fourth-order valence-corrected chi connectivity index (χ4v) is 3.48. The van der Waals surface area contributed by atoms with E-state index >= 15 is 0 Å². The van der Waals surface area contributed by atoms with Gasteiger partial charge in [0, 0.05) is 35.4 Å². The van der Waals surface area contributed by atoms with Crippen molar-refractivity contribution >= 4 is 23.3 Å². The Balaban J connectivity index is 1.53. The first-order valence-electron chi connectivity index (χ1n) is 7.34. The third-order valence-corrected chi connectivity index (χ3v) is 4.72. The molecule has 0 saturated carbocycles. The standard InChI is InChI=1S/C17H21N3S/c1-13(12-19-21-16-8-6-15(18)7-9-16)20-11-10-14-4-2-3-5-17(14)20/h2-9,13,19H,10-12,18H2,1H3. The molecule has 3 N–H and O–H groups in total. The Morgan fingerprint density at radius 2 is 1.95 bits per heavy atom. The van der Waals surface area contributed by atoms with Crippen LogP contribution in [0, 0.1) is 0 Å². The van der Waals surface area contributed by atoms with E-state index in [0.29, 0.717) is 6.04 Å². The quantitative estimate of drug-likeness (QED) is 0.656. The van der Waals surface area contributed by atoms with Crippen molar-refractivity contribution in [1.29, 1.82) is 0 Å². The van der Waals surface area contributed by atoms with Crippen LogP contribution in [0.1, 0.15) is 12.5 Å². The number of benzene rings is 2. The molecule has 0 spiro atoms. The number of anilines is 2. The second-order valence-corrected chi connectivity index (χ2v) is 6.40. The van der Waals surface area contributed by atoms with E-state index in [1.165, 1.54) is 16.1 Å². The molecule has 4 heteroatoms. The number of para-hydroxylation sites is 1. The van der Waals surface area contributed by atoms with Gasteiger partial charge in [0.1, 0.15) is 0 Å². The van der Waals surface area contributed by atoms with Crippen LogP contribution >= 0.6 is 11.9 Å². The molecule has 1 aliphatic heterocycles. The topological polar surface area (TPSA) is 41.3 Å². The largest absolute Gasteiger partial charge is 0.399 e. The number of nitrogens with zero attached hydrogens (tertiary/aromatic N) is 1. The highest BCUT2D eigenvalue weighted by Crippen LogP contribution is 2.29. The summed E-state index contributed by atoms with van der Waals surface area (Å²) in [7, 11) is 0. The summed E-state index contributed by atoms with van der Waals surface area (Å²) in [6.45, 7) is 4.34. The van der Waals surface area contributed by atoms with Gasteiger partial charge in [-0.05, 0) is 61.2 Å². The van der Waals surface area contributed by atoms with Gasteiger partial charge in [-0.15, -0.1) is 0 Å². The molecule has 2 aromatic rings. The van der Waals surface area contributed by atoms with Crippen molar-refractivity contribution in [2.75, 3.05) is 23.7 Å². The van der Waals surface area contributed by atoms with Gasteiger partial charge in [-0.3, -0.25) is 4.72 Å². The fourth-order valence-electron chi connectivity index (χ4n) is 2.71. The van der Waals surface area contributed by atoms with Gasteiger partial charge in [0.2, 0.25) is 0 Å². The molecule has 21 heavy (non-hydrogen) atoms. The Hall–Kier alpha value is -1.65. The van der Waals surface area contributed by atoms with Gasteiger partial charge >= 0.3 is 0 Å². The Morgan fingerprint density at radius 3 is 2.76 bits per heavy atom. The molecule has 110 valence electrons. The third kappa shape index (κ3) is 3.34. The van der Waals surface area contributed by atoms with Gasteiger partial charge in [0.05, 0.1) is 0 Å². The summed E-state index contributed by atoms with van der Waals surface area (Å²) in [5.41, 5.74) is 9.36. The summed E-state index contributed by atoms with van der Waals surface area (Å²) in [6.07, 6.45) is 1.16. The Labute approximate surface area is 130 Å². The van der Waals surface area contributed by atoms with Crippen molar-refractivity contribution in [3.63, 3.8) is 0 Å². The summed E-state index contributed by atoms with van der Waals surface area (Å²) in [5, 5.41) is 0. The van der Waals surface area contributed by atoms with Crippen LogP contribution in [0.25, 0.3) is 0 Å². The number of nitrogens with two attached hydrogens (primary N) is 1. The van der Waals surface area contributed by atoms with Crippen molar-refractivity contribution < 1.29 is 0 Å². The highest BCUT2D eigenvalue weighted by Gasteiger charge is 2.22. The van der Waals surface area contributed by atoms with Crippen molar-refractivity contribution in [3.05, 3.63) is 54.1 Å². The van der Waals surface area contributed by atoms with Crippen molar-refractivity contribution in [2.45, 2.75) is 24.3 Å². The first-order chi connectivity index (χ1) is 10.2. The lowest BCUT2D eigenvalue weighted by molar-refractivity contribution is 0.645. The minimum absolute atomic E-state index is 0.481.